The number of benzene rings is 1. The van der Waals surface area contributed by atoms with E-state index in [-0.39, 0.29) is 34.1 Å². The Balaban J connectivity index is 2.30. The molecule has 2 N–H and O–H groups in total. The topological polar surface area (TPSA) is 49.8 Å². The molecule has 25 heavy (non-hydrogen) atoms. The highest BCUT2D eigenvalue weighted by atomic mass is 32.2. The molecule has 0 saturated heterocycles. The van der Waals surface area contributed by atoms with Crippen molar-refractivity contribution in [1.29, 1.82) is 0 Å². The summed E-state index contributed by atoms with van der Waals surface area (Å²) >= 11 is -0.321. The van der Waals surface area contributed by atoms with Crippen LogP contribution in [0, 0.1) is 0 Å². The third-order valence-corrected chi connectivity index (χ3v) is 3.41. The molecule has 0 unspecified atom stereocenters. The van der Waals surface area contributed by atoms with Crippen LogP contribution in [0.15, 0.2) is 35.2 Å². The highest BCUT2D eigenvalue weighted by Gasteiger charge is 2.34. The highest BCUT2D eigenvalue weighted by molar-refractivity contribution is 8.00. The molecule has 0 radical (unpaired) electrons. The maximum atomic E-state index is 12.9. The molecule has 2 rings (SSSR count). The Morgan fingerprint density at radius 1 is 1.04 bits per heavy atom. The van der Waals surface area contributed by atoms with Crippen LogP contribution in [0.3, 0.4) is 0 Å². The van der Waals surface area contributed by atoms with Crippen molar-refractivity contribution in [2.75, 3.05) is 17.2 Å². The first-order valence-corrected chi connectivity index (χ1v) is 7.71. The lowest BCUT2D eigenvalue weighted by Crippen LogP contribution is -2.13. The van der Waals surface area contributed by atoms with Gasteiger partial charge in [-0.25, -0.2) is 4.98 Å². The van der Waals surface area contributed by atoms with Crippen LogP contribution >= 0.6 is 11.8 Å². The summed E-state index contributed by atoms with van der Waals surface area (Å²) in [4.78, 5) is 7.13. The van der Waals surface area contributed by atoms with Crippen LogP contribution in [0.1, 0.15) is 12.6 Å². The first-order chi connectivity index (χ1) is 11.6. The number of alkyl halides is 6. The molecule has 0 amide bonds. The lowest BCUT2D eigenvalue weighted by molar-refractivity contribution is -0.141. The number of thioether (sulfide) groups is 1. The van der Waals surface area contributed by atoms with Crippen LogP contribution in [0.5, 0.6) is 0 Å². The average Bonchev–Trinajstić information content (AvgIpc) is 2.45. The number of hydrogen-bond donors (Lipinski definition) is 2. The lowest BCUT2D eigenvalue weighted by atomic mass is 10.3. The molecule has 0 atom stereocenters. The number of anilines is 3. The van der Waals surface area contributed by atoms with Crippen molar-refractivity contribution in [1.82, 2.24) is 9.97 Å². The van der Waals surface area contributed by atoms with E-state index in [2.05, 4.69) is 20.6 Å². The zero-order valence-corrected chi connectivity index (χ0v) is 13.5. The first-order valence-electron chi connectivity index (χ1n) is 6.90. The van der Waals surface area contributed by atoms with Gasteiger partial charge in [0.05, 0.1) is 0 Å². The predicted octanol–water partition coefficient (Wildman–Crippen LogP) is 5.28. The van der Waals surface area contributed by atoms with Crippen molar-refractivity contribution in [3.8, 4) is 0 Å². The van der Waals surface area contributed by atoms with Crippen molar-refractivity contribution in [2.24, 2.45) is 0 Å². The van der Waals surface area contributed by atoms with Crippen molar-refractivity contribution in [3.63, 3.8) is 0 Å². The van der Waals surface area contributed by atoms with Gasteiger partial charge in [0, 0.05) is 23.2 Å². The molecule has 0 saturated carbocycles. The Kier molecular flexibility index (Phi) is 5.65. The maximum Gasteiger partial charge on any atom is 0.446 e. The number of rotatable bonds is 5. The van der Waals surface area contributed by atoms with Crippen LogP contribution in [-0.2, 0) is 6.18 Å². The molecular formula is C14H12F6N4S. The van der Waals surface area contributed by atoms with E-state index in [9.17, 15) is 26.3 Å². The van der Waals surface area contributed by atoms with Gasteiger partial charge in [-0.05, 0) is 36.9 Å². The van der Waals surface area contributed by atoms with E-state index in [1.807, 2.05) is 0 Å². The maximum absolute atomic E-state index is 12.9. The fourth-order valence-corrected chi connectivity index (χ4v) is 2.41. The fraction of sp³-hybridized carbons (Fsp3) is 0.286. The highest BCUT2D eigenvalue weighted by Crippen LogP contribution is 2.38. The third kappa shape index (κ3) is 6.00. The van der Waals surface area contributed by atoms with Gasteiger partial charge in [0.15, 0.2) is 5.69 Å². The number of nitrogens with zero attached hydrogens (tertiary/aromatic N) is 2. The van der Waals surface area contributed by atoms with Crippen LogP contribution in [0.4, 0.5) is 43.8 Å². The Hall–Kier alpha value is -2.17. The van der Waals surface area contributed by atoms with Crippen molar-refractivity contribution in [2.45, 2.75) is 23.5 Å². The van der Waals surface area contributed by atoms with Gasteiger partial charge in [-0.1, -0.05) is 6.07 Å². The van der Waals surface area contributed by atoms with Gasteiger partial charge in [-0.15, -0.1) is 0 Å². The molecule has 0 fully saturated rings. The van der Waals surface area contributed by atoms with Crippen LogP contribution in [0.2, 0.25) is 0 Å². The summed E-state index contributed by atoms with van der Waals surface area (Å²) in [6, 6.07) is 5.87. The van der Waals surface area contributed by atoms with E-state index < -0.39 is 17.4 Å². The normalized spacial score (nSPS) is 12.1. The third-order valence-electron chi connectivity index (χ3n) is 2.69. The molecule has 0 aliphatic rings. The Morgan fingerprint density at radius 3 is 2.36 bits per heavy atom. The summed E-state index contributed by atoms with van der Waals surface area (Å²) in [7, 11) is 0. The van der Waals surface area contributed by atoms with Crippen LogP contribution < -0.4 is 10.6 Å². The van der Waals surface area contributed by atoms with E-state index in [1.54, 1.807) is 6.92 Å². The molecule has 2 aromatic rings. The molecule has 136 valence electrons. The van der Waals surface area contributed by atoms with Crippen molar-refractivity contribution < 1.29 is 26.3 Å². The van der Waals surface area contributed by atoms with Gasteiger partial charge in [0.25, 0.3) is 0 Å². The number of aromatic nitrogens is 2. The quantitative estimate of drug-likeness (QED) is 0.544. The molecule has 11 heteroatoms. The number of halogens is 6. The van der Waals surface area contributed by atoms with E-state index in [0.29, 0.717) is 12.6 Å². The zero-order chi connectivity index (χ0) is 18.7. The number of hydrogen-bond acceptors (Lipinski definition) is 5. The summed E-state index contributed by atoms with van der Waals surface area (Å²) in [6.45, 7) is 1.97. The smallest absolute Gasteiger partial charge is 0.354 e. The van der Waals surface area contributed by atoms with E-state index >= 15 is 0 Å². The van der Waals surface area contributed by atoms with Gasteiger partial charge in [-0.2, -0.15) is 31.3 Å². The second-order valence-corrected chi connectivity index (χ2v) is 5.83. The monoisotopic (exact) mass is 382 g/mol. The minimum atomic E-state index is -4.68. The molecule has 4 nitrogen and oxygen atoms in total. The largest absolute Gasteiger partial charge is 0.446 e. The van der Waals surface area contributed by atoms with E-state index in [4.69, 9.17) is 0 Å². The van der Waals surface area contributed by atoms with Crippen molar-refractivity contribution >= 4 is 29.2 Å². The fourth-order valence-electron chi connectivity index (χ4n) is 1.81. The molecule has 0 spiro atoms. The van der Waals surface area contributed by atoms with Gasteiger partial charge >= 0.3 is 11.7 Å². The summed E-state index contributed by atoms with van der Waals surface area (Å²) in [5.41, 5.74) is -5.46. The zero-order valence-electron chi connectivity index (χ0n) is 12.7. The summed E-state index contributed by atoms with van der Waals surface area (Å²) in [6.07, 6.45) is -4.68. The predicted molar refractivity (Wildman–Crippen MR) is 82.8 cm³/mol. The summed E-state index contributed by atoms with van der Waals surface area (Å²) < 4.78 is 75.9. The number of nitrogens with one attached hydrogen (secondary N) is 2. The minimum absolute atomic E-state index is 0.102. The van der Waals surface area contributed by atoms with E-state index in [1.165, 1.54) is 24.3 Å². The minimum Gasteiger partial charge on any atom is -0.354 e. The van der Waals surface area contributed by atoms with Crippen LogP contribution in [-0.4, -0.2) is 22.0 Å². The molecule has 0 bridgehead atoms. The molecular weight excluding hydrogens is 370 g/mol. The van der Waals surface area contributed by atoms with Gasteiger partial charge in [0.2, 0.25) is 5.95 Å². The first kappa shape index (κ1) is 19.2. The molecule has 1 heterocycles. The Bertz CT molecular complexity index is 732. The second kappa shape index (κ2) is 7.38. The summed E-state index contributed by atoms with van der Waals surface area (Å²) in [5, 5.41) is 5.14. The van der Waals surface area contributed by atoms with Crippen molar-refractivity contribution in [3.05, 3.63) is 36.0 Å². The second-order valence-electron chi connectivity index (χ2n) is 4.69. The average molecular weight is 382 g/mol. The Labute approximate surface area is 143 Å². The Morgan fingerprint density at radius 2 is 1.76 bits per heavy atom. The van der Waals surface area contributed by atoms with E-state index in [0.717, 1.165) is 0 Å². The van der Waals surface area contributed by atoms with Gasteiger partial charge < -0.3 is 10.6 Å². The molecule has 0 aliphatic carbocycles. The van der Waals surface area contributed by atoms with Gasteiger partial charge in [-0.3, -0.25) is 0 Å². The molecule has 1 aromatic heterocycles. The standard InChI is InChI=1S/C14H12F6N4S/c1-2-21-12-23-10(13(15,16)17)7-11(24-12)22-8-4-3-5-9(6-8)25-14(18,19)20/h3-7H,2H2,1H3,(H2,21,22,23,24). The van der Waals surface area contributed by atoms with Crippen LogP contribution in [0.25, 0.3) is 0 Å². The van der Waals surface area contributed by atoms with Gasteiger partial charge in [0.1, 0.15) is 5.82 Å². The lowest BCUT2D eigenvalue weighted by Gasteiger charge is -2.13. The SMILES string of the molecule is CCNc1nc(Nc2cccc(SC(F)(F)F)c2)cc(C(F)(F)F)n1. The molecule has 0 aliphatic heterocycles. The summed E-state index contributed by atoms with van der Waals surface area (Å²) in [5.74, 6) is -0.423. The molecule has 1 aromatic carbocycles.